The highest BCUT2D eigenvalue weighted by atomic mass is 35.5. The summed E-state index contributed by atoms with van der Waals surface area (Å²) in [4.78, 5) is 13.5. The molecule has 1 heterocycles. The molecule has 3 rings (SSSR count). The van der Waals surface area contributed by atoms with E-state index in [0.717, 1.165) is 10.5 Å². The second-order valence-electron chi connectivity index (χ2n) is 6.92. The molecular weight excluding hydrogens is 425 g/mol. The molecule has 2 aromatic rings. The minimum Gasteiger partial charge on any atom is -0.346 e. The van der Waals surface area contributed by atoms with E-state index in [2.05, 4.69) is 5.32 Å². The lowest BCUT2D eigenvalue weighted by molar-refractivity contribution is 0.0915. The number of hydrogen-bond acceptors (Lipinski definition) is 4. The van der Waals surface area contributed by atoms with Gasteiger partial charge in [0.05, 0.1) is 22.1 Å². The summed E-state index contributed by atoms with van der Waals surface area (Å²) in [6.45, 7) is 1.77. The van der Waals surface area contributed by atoms with E-state index >= 15 is 0 Å². The number of benzene rings is 2. The molecule has 0 aliphatic carbocycles. The van der Waals surface area contributed by atoms with Gasteiger partial charge in [-0.15, -0.1) is 11.8 Å². The van der Waals surface area contributed by atoms with Gasteiger partial charge in [0.2, 0.25) is 0 Å². The van der Waals surface area contributed by atoms with Gasteiger partial charge in [-0.3, -0.25) is 4.79 Å². The van der Waals surface area contributed by atoms with Crippen molar-refractivity contribution in [3.8, 4) is 0 Å². The molecule has 0 saturated carbocycles. The van der Waals surface area contributed by atoms with Gasteiger partial charge in [0.25, 0.3) is 5.91 Å². The van der Waals surface area contributed by atoms with E-state index in [9.17, 15) is 13.2 Å². The number of thioether (sulfide) groups is 1. The van der Waals surface area contributed by atoms with Crippen molar-refractivity contribution in [1.29, 1.82) is 0 Å². The zero-order chi connectivity index (χ0) is 19.7. The van der Waals surface area contributed by atoms with Gasteiger partial charge in [-0.05, 0) is 49.2 Å². The number of nitrogens with one attached hydrogen (secondary N) is 1. The number of sulfone groups is 1. The molecule has 144 valence electrons. The lowest BCUT2D eigenvalue weighted by Gasteiger charge is -2.24. The highest BCUT2D eigenvalue weighted by Gasteiger charge is 2.39. The van der Waals surface area contributed by atoms with Crippen molar-refractivity contribution in [2.45, 2.75) is 29.5 Å². The van der Waals surface area contributed by atoms with E-state index in [-0.39, 0.29) is 17.4 Å². The van der Waals surface area contributed by atoms with Crippen LogP contribution in [0.3, 0.4) is 0 Å². The van der Waals surface area contributed by atoms with Crippen molar-refractivity contribution in [3.63, 3.8) is 0 Å². The van der Waals surface area contributed by atoms with Crippen LogP contribution in [-0.4, -0.2) is 31.4 Å². The first-order chi connectivity index (χ1) is 12.7. The van der Waals surface area contributed by atoms with E-state index in [4.69, 9.17) is 23.2 Å². The lowest BCUT2D eigenvalue weighted by atomic mass is 10.0. The molecule has 1 atom stereocenters. The van der Waals surface area contributed by atoms with E-state index < -0.39 is 15.4 Å². The van der Waals surface area contributed by atoms with Crippen molar-refractivity contribution in [1.82, 2.24) is 5.32 Å². The Labute approximate surface area is 173 Å². The molecule has 0 spiro atoms. The predicted molar refractivity (Wildman–Crippen MR) is 112 cm³/mol. The van der Waals surface area contributed by atoms with Crippen molar-refractivity contribution in [2.24, 2.45) is 0 Å². The predicted octanol–water partition coefficient (Wildman–Crippen LogP) is 4.59. The third-order valence-electron chi connectivity index (χ3n) is 4.40. The Hall–Kier alpha value is -1.21. The second-order valence-corrected chi connectivity index (χ2v) is 11.0. The fourth-order valence-corrected chi connectivity index (χ4v) is 6.54. The zero-order valence-corrected chi connectivity index (χ0v) is 17.8. The number of halogens is 2. The molecule has 0 bridgehead atoms. The molecule has 1 saturated heterocycles. The highest BCUT2D eigenvalue weighted by Crippen LogP contribution is 2.32. The molecule has 1 aliphatic heterocycles. The second kappa shape index (κ2) is 8.03. The Kier molecular flexibility index (Phi) is 6.11. The molecule has 27 heavy (non-hydrogen) atoms. The van der Waals surface area contributed by atoms with Gasteiger partial charge < -0.3 is 5.32 Å². The topological polar surface area (TPSA) is 63.2 Å². The molecule has 0 aromatic heterocycles. The average Bonchev–Trinajstić information content (AvgIpc) is 2.88. The maximum atomic E-state index is 12.6. The highest BCUT2D eigenvalue weighted by molar-refractivity contribution is 7.98. The smallest absolute Gasteiger partial charge is 0.251 e. The summed E-state index contributed by atoms with van der Waals surface area (Å²) >= 11 is 13.7. The molecule has 1 aliphatic rings. The Morgan fingerprint density at radius 2 is 2.00 bits per heavy atom. The van der Waals surface area contributed by atoms with Crippen LogP contribution in [0.2, 0.25) is 10.0 Å². The normalized spacial score (nSPS) is 21.1. The van der Waals surface area contributed by atoms with Gasteiger partial charge in [-0.25, -0.2) is 8.42 Å². The number of rotatable bonds is 5. The van der Waals surface area contributed by atoms with Crippen LogP contribution in [0.5, 0.6) is 0 Å². The van der Waals surface area contributed by atoms with Gasteiger partial charge in [0.1, 0.15) is 0 Å². The third kappa shape index (κ3) is 5.41. The lowest BCUT2D eigenvalue weighted by Crippen LogP contribution is -2.46. The Bertz CT molecular complexity index is 979. The van der Waals surface area contributed by atoms with Crippen LogP contribution in [0.25, 0.3) is 0 Å². The number of carbonyl (C=O) groups is 1. The quantitative estimate of drug-likeness (QED) is 0.686. The molecule has 1 fully saturated rings. The summed E-state index contributed by atoms with van der Waals surface area (Å²) < 4.78 is 23.4. The molecule has 0 radical (unpaired) electrons. The van der Waals surface area contributed by atoms with Crippen LogP contribution >= 0.6 is 35.0 Å². The third-order valence-corrected chi connectivity index (χ3v) is 8.10. The van der Waals surface area contributed by atoms with Crippen LogP contribution in [0.4, 0.5) is 0 Å². The fourth-order valence-electron chi connectivity index (χ4n) is 3.01. The standard InChI is InChI=1S/C19H19Cl2NO3S2/c1-19(7-8-27(24,25)12-19)22-18(23)14-4-2-3-13(9-14)11-26-17-10-15(20)5-6-16(17)21/h2-6,9-10H,7-8,11-12H2,1H3,(H,22,23). The molecular formula is C19H19Cl2NO3S2. The monoisotopic (exact) mass is 443 g/mol. The summed E-state index contributed by atoms with van der Waals surface area (Å²) in [7, 11) is -3.08. The molecule has 1 unspecified atom stereocenters. The Morgan fingerprint density at radius 3 is 2.70 bits per heavy atom. The van der Waals surface area contributed by atoms with Gasteiger partial charge in [-0.2, -0.15) is 0 Å². The molecule has 2 aromatic carbocycles. The van der Waals surface area contributed by atoms with Crippen LogP contribution in [0.15, 0.2) is 47.4 Å². The van der Waals surface area contributed by atoms with Crippen LogP contribution in [0.1, 0.15) is 29.3 Å². The van der Waals surface area contributed by atoms with E-state index in [1.165, 1.54) is 11.8 Å². The molecule has 1 N–H and O–H groups in total. The van der Waals surface area contributed by atoms with Crippen LogP contribution in [0, 0.1) is 0 Å². The number of amides is 1. The first-order valence-corrected chi connectivity index (χ1v) is 11.9. The molecule has 1 amide bonds. The minimum absolute atomic E-state index is 0.0193. The van der Waals surface area contributed by atoms with Crippen molar-refractivity contribution in [2.75, 3.05) is 11.5 Å². The first-order valence-electron chi connectivity index (χ1n) is 8.36. The van der Waals surface area contributed by atoms with Crippen molar-refractivity contribution >= 4 is 50.7 Å². The number of carbonyl (C=O) groups excluding carboxylic acids is 1. The fraction of sp³-hybridized carbons (Fsp3) is 0.316. The SMILES string of the molecule is CC1(NC(=O)c2cccc(CSc3cc(Cl)ccc3Cl)c2)CCS(=O)(=O)C1. The Morgan fingerprint density at radius 1 is 1.22 bits per heavy atom. The largest absolute Gasteiger partial charge is 0.346 e. The van der Waals surface area contributed by atoms with Gasteiger partial charge in [-0.1, -0.05) is 35.3 Å². The maximum Gasteiger partial charge on any atom is 0.251 e. The molecule has 8 heteroatoms. The summed E-state index contributed by atoms with van der Waals surface area (Å²) in [6.07, 6.45) is 0.434. The zero-order valence-electron chi connectivity index (χ0n) is 14.7. The van der Waals surface area contributed by atoms with Crippen LogP contribution < -0.4 is 5.32 Å². The molecule has 4 nitrogen and oxygen atoms in total. The van der Waals surface area contributed by atoms with Gasteiger partial charge in [0, 0.05) is 21.2 Å². The van der Waals surface area contributed by atoms with Crippen molar-refractivity contribution in [3.05, 3.63) is 63.6 Å². The summed E-state index contributed by atoms with van der Waals surface area (Å²) in [6, 6.07) is 12.6. The van der Waals surface area contributed by atoms with Crippen molar-refractivity contribution < 1.29 is 13.2 Å². The van der Waals surface area contributed by atoms with Gasteiger partial charge in [0.15, 0.2) is 9.84 Å². The van der Waals surface area contributed by atoms with E-state index in [1.807, 2.05) is 24.3 Å². The minimum atomic E-state index is -3.08. The summed E-state index contributed by atoms with van der Waals surface area (Å²) in [5.41, 5.74) is 0.762. The number of hydrogen-bond donors (Lipinski definition) is 1. The first kappa shape index (κ1) is 20.5. The summed E-state index contributed by atoms with van der Waals surface area (Å²) in [5, 5.41) is 4.13. The maximum absolute atomic E-state index is 12.6. The van der Waals surface area contributed by atoms with E-state index in [0.29, 0.717) is 27.8 Å². The van der Waals surface area contributed by atoms with E-state index in [1.54, 1.807) is 25.1 Å². The average molecular weight is 444 g/mol. The van der Waals surface area contributed by atoms with Gasteiger partial charge >= 0.3 is 0 Å². The summed E-state index contributed by atoms with van der Waals surface area (Å²) in [5.74, 6) is 0.463. The Balaban J connectivity index is 1.68. The van der Waals surface area contributed by atoms with Crippen LogP contribution in [-0.2, 0) is 15.6 Å².